The number of hydrogen-bond acceptors (Lipinski definition) is 1. The minimum atomic E-state index is 0.494. The Balaban J connectivity index is 2.40. The number of rotatable bonds is 8. The fourth-order valence-corrected chi connectivity index (χ4v) is 3.74. The van der Waals surface area contributed by atoms with Crippen LogP contribution in [-0.4, -0.2) is 6.04 Å². The van der Waals surface area contributed by atoms with E-state index in [0.29, 0.717) is 6.04 Å². The quantitative estimate of drug-likeness (QED) is 0.637. The molecule has 4 unspecified atom stereocenters. The predicted molar refractivity (Wildman–Crippen MR) is 81.6 cm³/mol. The zero-order valence-corrected chi connectivity index (χ0v) is 13.0. The highest BCUT2D eigenvalue weighted by molar-refractivity contribution is 4.83. The molecule has 0 bridgehead atoms. The summed E-state index contributed by atoms with van der Waals surface area (Å²) in [6.45, 7) is 6.98. The van der Waals surface area contributed by atoms with E-state index in [2.05, 4.69) is 20.8 Å². The average molecular weight is 253 g/mol. The lowest BCUT2D eigenvalue weighted by molar-refractivity contribution is 0.184. The molecule has 2 N–H and O–H groups in total. The molecule has 0 aliphatic heterocycles. The van der Waals surface area contributed by atoms with Crippen molar-refractivity contribution in [1.82, 2.24) is 0 Å². The molecule has 0 heterocycles. The molecule has 18 heavy (non-hydrogen) atoms. The van der Waals surface area contributed by atoms with Crippen molar-refractivity contribution in [1.29, 1.82) is 0 Å². The first-order chi connectivity index (χ1) is 8.71. The first kappa shape index (κ1) is 16.0. The molecule has 0 spiro atoms. The Labute approximate surface area is 115 Å². The Morgan fingerprint density at radius 2 is 1.89 bits per heavy atom. The molecule has 0 aromatic rings. The van der Waals surface area contributed by atoms with Crippen LogP contribution in [0.15, 0.2) is 0 Å². The van der Waals surface area contributed by atoms with Gasteiger partial charge in [0.1, 0.15) is 0 Å². The third kappa shape index (κ3) is 5.30. The molecule has 4 atom stereocenters. The van der Waals surface area contributed by atoms with E-state index in [1.54, 1.807) is 0 Å². The molecule has 1 fully saturated rings. The Morgan fingerprint density at radius 1 is 1.11 bits per heavy atom. The van der Waals surface area contributed by atoms with Gasteiger partial charge in [-0.1, -0.05) is 59.3 Å². The van der Waals surface area contributed by atoms with Gasteiger partial charge in [-0.2, -0.15) is 0 Å². The summed E-state index contributed by atoms with van der Waals surface area (Å²) in [4.78, 5) is 0. The van der Waals surface area contributed by atoms with Crippen LogP contribution in [0.3, 0.4) is 0 Å². The molecular formula is C17H35N. The number of hydrogen-bond donors (Lipinski definition) is 1. The molecule has 1 nitrogen and oxygen atoms in total. The Morgan fingerprint density at radius 3 is 2.50 bits per heavy atom. The van der Waals surface area contributed by atoms with Gasteiger partial charge in [-0.3, -0.25) is 0 Å². The molecule has 1 saturated carbocycles. The Bertz CT molecular complexity index is 202. The molecule has 0 aromatic heterocycles. The molecule has 0 saturated heterocycles. The van der Waals surface area contributed by atoms with Gasteiger partial charge >= 0.3 is 0 Å². The highest BCUT2D eigenvalue weighted by Gasteiger charge is 2.29. The zero-order valence-electron chi connectivity index (χ0n) is 13.0. The van der Waals surface area contributed by atoms with Crippen LogP contribution in [-0.2, 0) is 0 Å². The van der Waals surface area contributed by atoms with Crippen molar-refractivity contribution in [2.45, 2.75) is 91.0 Å². The van der Waals surface area contributed by atoms with Crippen molar-refractivity contribution in [3.8, 4) is 0 Å². The molecule has 1 rings (SSSR count). The predicted octanol–water partition coefficient (Wildman–Crippen LogP) is 5.14. The molecular weight excluding hydrogens is 218 g/mol. The maximum absolute atomic E-state index is 6.37. The monoisotopic (exact) mass is 253 g/mol. The highest BCUT2D eigenvalue weighted by atomic mass is 14.7. The van der Waals surface area contributed by atoms with Gasteiger partial charge in [0.2, 0.25) is 0 Å². The van der Waals surface area contributed by atoms with Gasteiger partial charge in [0.25, 0.3) is 0 Å². The summed E-state index contributed by atoms with van der Waals surface area (Å²) in [6.07, 6.45) is 13.8. The van der Waals surface area contributed by atoms with E-state index in [0.717, 1.165) is 17.8 Å². The fraction of sp³-hybridized carbons (Fsp3) is 1.00. The van der Waals surface area contributed by atoms with E-state index < -0.39 is 0 Å². The minimum absolute atomic E-state index is 0.494. The normalized spacial score (nSPS) is 30.3. The van der Waals surface area contributed by atoms with E-state index >= 15 is 0 Å². The van der Waals surface area contributed by atoms with Crippen LogP contribution in [0, 0.1) is 17.8 Å². The Kier molecular flexibility index (Phi) is 7.97. The van der Waals surface area contributed by atoms with E-state index in [4.69, 9.17) is 5.73 Å². The zero-order chi connectivity index (χ0) is 13.4. The first-order valence-corrected chi connectivity index (χ1v) is 8.46. The third-order valence-corrected chi connectivity index (χ3v) is 5.03. The SMILES string of the molecule is CCCCC(CC)CC1CC(CCC)CCC1N. The molecule has 0 amide bonds. The maximum atomic E-state index is 6.37. The lowest BCUT2D eigenvalue weighted by Gasteiger charge is -2.36. The maximum Gasteiger partial charge on any atom is 0.00674 e. The van der Waals surface area contributed by atoms with Crippen LogP contribution in [0.1, 0.15) is 85.0 Å². The average Bonchev–Trinajstić information content (AvgIpc) is 2.38. The first-order valence-electron chi connectivity index (χ1n) is 8.46. The van der Waals surface area contributed by atoms with E-state index in [-0.39, 0.29) is 0 Å². The van der Waals surface area contributed by atoms with Crippen molar-refractivity contribution in [3.63, 3.8) is 0 Å². The van der Waals surface area contributed by atoms with Gasteiger partial charge in [0.05, 0.1) is 0 Å². The van der Waals surface area contributed by atoms with Gasteiger partial charge in [0.15, 0.2) is 0 Å². The highest BCUT2D eigenvalue weighted by Crippen LogP contribution is 2.36. The molecule has 1 aliphatic carbocycles. The molecule has 108 valence electrons. The second-order valence-corrected chi connectivity index (χ2v) is 6.54. The van der Waals surface area contributed by atoms with Crippen molar-refractivity contribution < 1.29 is 0 Å². The van der Waals surface area contributed by atoms with Gasteiger partial charge in [-0.05, 0) is 43.4 Å². The topological polar surface area (TPSA) is 26.0 Å². The number of unbranched alkanes of at least 4 members (excludes halogenated alkanes) is 1. The van der Waals surface area contributed by atoms with E-state index in [9.17, 15) is 0 Å². The summed E-state index contributed by atoms with van der Waals surface area (Å²) in [5.74, 6) is 2.72. The summed E-state index contributed by atoms with van der Waals surface area (Å²) in [6, 6.07) is 0.494. The lowest BCUT2D eigenvalue weighted by Crippen LogP contribution is -2.37. The third-order valence-electron chi connectivity index (χ3n) is 5.03. The van der Waals surface area contributed by atoms with Gasteiger partial charge in [0, 0.05) is 6.04 Å². The van der Waals surface area contributed by atoms with Crippen molar-refractivity contribution >= 4 is 0 Å². The van der Waals surface area contributed by atoms with Crippen molar-refractivity contribution in [2.24, 2.45) is 23.5 Å². The summed E-state index contributed by atoms with van der Waals surface area (Å²) in [5, 5.41) is 0. The van der Waals surface area contributed by atoms with Gasteiger partial charge in [-0.15, -0.1) is 0 Å². The summed E-state index contributed by atoms with van der Waals surface area (Å²) in [5.41, 5.74) is 6.37. The summed E-state index contributed by atoms with van der Waals surface area (Å²) in [7, 11) is 0. The van der Waals surface area contributed by atoms with Crippen LogP contribution in [0.25, 0.3) is 0 Å². The van der Waals surface area contributed by atoms with Crippen LogP contribution in [0.2, 0.25) is 0 Å². The second kappa shape index (κ2) is 8.96. The lowest BCUT2D eigenvalue weighted by atomic mass is 9.72. The fourth-order valence-electron chi connectivity index (χ4n) is 3.74. The Hall–Kier alpha value is -0.0400. The van der Waals surface area contributed by atoms with E-state index in [1.165, 1.54) is 64.2 Å². The van der Waals surface area contributed by atoms with Crippen molar-refractivity contribution in [2.75, 3.05) is 0 Å². The largest absolute Gasteiger partial charge is 0.327 e. The molecule has 0 radical (unpaired) electrons. The van der Waals surface area contributed by atoms with Crippen LogP contribution in [0.4, 0.5) is 0 Å². The van der Waals surface area contributed by atoms with Crippen LogP contribution >= 0.6 is 0 Å². The standard InChI is InChI=1S/C17H35N/c1-4-7-9-14(6-3)12-16-13-15(8-5-2)10-11-17(16)18/h14-17H,4-13,18H2,1-3H3. The van der Waals surface area contributed by atoms with E-state index in [1.807, 2.05) is 0 Å². The molecule has 1 aliphatic rings. The number of nitrogens with two attached hydrogens (primary N) is 1. The molecule has 0 aromatic carbocycles. The van der Waals surface area contributed by atoms with Gasteiger partial charge in [-0.25, -0.2) is 0 Å². The summed E-state index contributed by atoms with van der Waals surface area (Å²) < 4.78 is 0. The smallest absolute Gasteiger partial charge is 0.00674 e. The van der Waals surface area contributed by atoms with Crippen molar-refractivity contribution in [3.05, 3.63) is 0 Å². The summed E-state index contributed by atoms with van der Waals surface area (Å²) >= 11 is 0. The molecule has 1 heteroatoms. The van der Waals surface area contributed by atoms with Crippen LogP contribution in [0.5, 0.6) is 0 Å². The van der Waals surface area contributed by atoms with Crippen LogP contribution < -0.4 is 5.73 Å². The minimum Gasteiger partial charge on any atom is -0.327 e. The van der Waals surface area contributed by atoms with Gasteiger partial charge < -0.3 is 5.73 Å². The second-order valence-electron chi connectivity index (χ2n) is 6.54.